The number of aliphatic hydroxyl groups is 1. The lowest BCUT2D eigenvalue weighted by Gasteiger charge is -2.35. The number of aliphatic hydroxyl groups excluding tert-OH is 1. The van der Waals surface area contributed by atoms with Crippen LogP contribution in [0.3, 0.4) is 0 Å². The second-order valence-corrected chi connectivity index (χ2v) is 7.95. The topological polar surface area (TPSA) is 99.7 Å². The van der Waals surface area contributed by atoms with Crippen LogP contribution >= 0.6 is 0 Å². The molecular formula is C23H25F4N3O4. The zero-order valence-corrected chi connectivity index (χ0v) is 18.1. The van der Waals surface area contributed by atoms with Crippen LogP contribution in [0.2, 0.25) is 0 Å². The largest absolute Gasteiger partial charge is 0.416 e. The van der Waals surface area contributed by atoms with Crippen molar-refractivity contribution in [1.82, 2.24) is 10.6 Å². The summed E-state index contributed by atoms with van der Waals surface area (Å²) in [5.41, 5.74) is -0.0319. The van der Waals surface area contributed by atoms with E-state index in [0.717, 1.165) is 24.3 Å². The standard InChI is InChI=1S/C23H25F4N3O4/c24-16-3-1-2-14(10-16)12-28-21(32)11-18-8-9-19(20(13-31)34-18)30-22(33)29-17-6-4-15(5-7-17)23(25,26)27/h1-7,10,18-20,31H,8-9,11-13H2,(H,28,32)(H2,29,30,33)/t18-,19+,20-/m0/s1. The second-order valence-electron chi connectivity index (χ2n) is 7.95. The van der Waals surface area contributed by atoms with Gasteiger partial charge in [0.25, 0.3) is 0 Å². The zero-order chi connectivity index (χ0) is 24.7. The molecule has 0 aromatic heterocycles. The number of halogens is 4. The summed E-state index contributed by atoms with van der Waals surface area (Å²) in [6.07, 6.45) is -4.80. The molecule has 3 atom stereocenters. The van der Waals surface area contributed by atoms with Crippen LogP contribution in [0, 0.1) is 5.82 Å². The van der Waals surface area contributed by atoms with Gasteiger partial charge in [0.1, 0.15) is 11.9 Å². The fraction of sp³-hybridized carbons (Fsp3) is 0.391. The maximum Gasteiger partial charge on any atom is 0.416 e. The maximum absolute atomic E-state index is 13.2. The van der Waals surface area contributed by atoms with Crippen LogP contribution in [0.5, 0.6) is 0 Å². The van der Waals surface area contributed by atoms with Crippen molar-refractivity contribution in [1.29, 1.82) is 0 Å². The van der Waals surface area contributed by atoms with Gasteiger partial charge in [0, 0.05) is 12.2 Å². The Hall–Kier alpha value is -3.18. The maximum atomic E-state index is 13.2. The minimum absolute atomic E-state index is 0.0380. The molecule has 7 nitrogen and oxygen atoms in total. The fourth-order valence-electron chi connectivity index (χ4n) is 3.65. The normalized spacial score (nSPS) is 20.4. The molecule has 2 aromatic rings. The molecule has 0 unspecified atom stereocenters. The number of benzene rings is 2. The number of alkyl halides is 3. The Morgan fingerprint density at radius 1 is 1.09 bits per heavy atom. The summed E-state index contributed by atoms with van der Waals surface area (Å²) in [5.74, 6) is -0.688. The van der Waals surface area contributed by atoms with Crippen LogP contribution in [0.1, 0.15) is 30.4 Å². The number of nitrogens with one attached hydrogen (secondary N) is 3. The Labute approximate surface area is 193 Å². The Morgan fingerprint density at radius 2 is 1.82 bits per heavy atom. The highest BCUT2D eigenvalue weighted by Gasteiger charge is 2.33. The minimum Gasteiger partial charge on any atom is -0.394 e. The molecule has 1 aliphatic heterocycles. The molecule has 2 aromatic carbocycles. The lowest BCUT2D eigenvalue weighted by molar-refractivity contribution is -0.137. The molecule has 0 aliphatic carbocycles. The summed E-state index contributed by atoms with van der Waals surface area (Å²) < 4.78 is 56.9. The monoisotopic (exact) mass is 483 g/mol. The van der Waals surface area contributed by atoms with Gasteiger partial charge in [-0.1, -0.05) is 12.1 Å². The first-order valence-electron chi connectivity index (χ1n) is 10.7. The molecule has 3 rings (SSSR count). The van der Waals surface area contributed by atoms with E-state index in [2.05, 4.69) is 16.0 Å². The van der Waals surface area contributed by atoms with Crippen LogP contribution in [0.4, 0.5) is 28.0 Å². The van der Waals surface area contributed by atoms with Gasteiger partial charge in [-0.2, -0.15) is 13.2 Å². The van der Waals surface area contributed by atoms with E-state index < -0.39 is 48.4 Å². The van der Waals surface area contributed by atoms with Crippen molar-refractivity contribution in [2.75, 3.05) is 11.9 Å². The molecule has 184 valence electrons. The van der Waals surface area contributed by atoms with E-state index in [1.165, 1.54) is 12.1 Å². The third kappa shape index (κ3) is 7.42. The Morgan fingerprint density at radius 3 is 2.47 bits per heavy atom. The van der Waals surface area contributed by atoms with Gasteiger partial charge in [-0.3, -0.25) is 4.79 Å². The van der Waals surface area contributed by atoms with Gasteiger partial charge in [-0.15, -0.1) is 0 Å². The number of ether oxygens (including phenoxy) is 1. The highest BCUT2D eigenvalue weighted by molar-refractivity contribution is 5.89. The van der Waals surface area contributed by atoms with E-state index in [1.807, 2.05) is 0 Å². The van der Waals surface area contributed by atoms with Gasteiger partial charge in [-0.25, -0.2) is 9.18 Å². The number of urea groups is 1. The zero-order valence-electron chi connectivity index (χ0n) is 18.1. The van der Waals surface area contributed by atoms with Crippen molar-refractivity contribution in [2.24, 2.45) is 0 Å². The number of carbonyl (C=O) groups is 2. The molecule has 34 heavy (non-hydrogen) atoms. The van der Waals surface area contributed by atoms with Crippen molar-refractivity contribution in [2.45, 2.75) is 50.2 Å². The Balaban J connectivity index is 1.45. The Bertz CT molecular complexity index is 985. The van der Waals surface area contributed by atoms with E-state index in [4.69, 9.17) is 4.74 Å². The third-order valence-electron chi connectivity index (χ3n) is 5.37. The highest BCUT2D eigenvalue weighted by Crippen LogP contribution is 2.30. The molecule has 1 saturated heterocycles. The Kier molecular flexibility index (Phi) is 8.46. The number of amides is 3. The summed E-state index contributed by atoms with van der Waals surface area (Å²) >= 11 is 0. The van der Waals surface area contributed by atoms with Crippen molar-refractivity contribution in [3.05, 3.63) is 65.5 Å². The first-order chi connectivity index (χ1) is 16.1. The summed E-state index contributed by atoms with van der Waals surface area (Å²) in [6, 6.07) is 8.67. The highest BCUT2D eigenvalue weighted by atomic mass is 19.4. The number of hydrogen-bond acceptors (Lipinski definition) is 4. The number of anilines is 1. The first-order valence-corrected chi connectivity index (χ1v) is 10.7. The van der Waals surface area contributed by atoms with Gasteiger partial charge in [0.05, 0.1) is 30.7 Å². The fourth-order valence-corrected chi connectivity index (χ4v) is 3.65. The van der Waals surface area contributed by atoms with E-state index in [1.54, 1.807) is 12.1 Å². The van der Waals surface area contributed by atoms with Crippen LogP contribution in [0.15, 0.2) is 48.5 Å². The molecule has 1 aliphatic rings. The lowest BCUT2D eigenvalue weighted by Crippen LogP contribution is -2.52. The number of hydrogen-bond donors (Lipinski definition) is 4. The van der Waals surface area contributed by atoms with Crippen LogP contribution in [-0.4, -0.2) is 41.9 Å². The van der Waals surface area contributed by atoms with E-state index in [9.17, 15) is 32.3 Å². The van der Waals surface area contributed by atoms with Gasteiger partial charge < -0.3 is 25.8 Å². The van der Waals surface area contributed by atoms with E-state index >= 15 is 0 Å². The average molecular weight is 483 g/mol. The van der Waals surface area contributed by atoms with Crippen LogP contribution in [-0.2, 0) is 22.3 Å². The van der Waals surface area contributed by atoms with Crippen molar-refractivity contribution < 1.29 is 37.0 Å². The summed E-state index contributed by atoms with van der Waals surface area (Å²) in [6.45, 7) is -0.228. The molecule has 0 bridgehead atoms. The molecule has 11 heteroatoms. The molecule has 1 fully saturated rings. The van der Waals surface area contributed by atoms with E-state index in [-0.39, 0.29) is 24.6 Å². The SMILES string of the molecule is O=C(C[C@@H]1CC[C@@H](NC(=O)Nc2ccc(C(F)(F)F)cc2)[C@H](CO)O1)NCc1cccc(F)c1. The van der Waals surface area contributed by atoms with Gasteiger partial charge in [0.15, 0.2) is 0 Å². The van der Waals surface area contributed by atoms with Crippen molar-refractivity contribution >= 4 is 17.6 Å². The van der Waals surface area contributed by atoms with Crippen molar-refractivity contribution in [3.8, 4) is 0 Å². The summed E-state index contributed by atoms with van der Waals surface area (Å²) in [5, 5.41) is 17.4. The van der Waals surface area contributed by atoms with Gasteiger partial charge in [0.2, 0.25) is 5.91 Å². The second kappa shape index (κ2) is 11.3. The summed E-state index contributed by atoms with van der Waals surface area (Å²) in [4.78, 5) is 24.5. The number of carbonyl (C=O) groups excluding carboxylic acids is 2. The molecule has 0 radical (unpaired) electrons. The molecule has 4 N–H and O–H groups in total. The molecule has 0 saturated carbocycles. The van der Waals surface area contributed by atoms with Gasteiger partial charge >= 0.3 is 12.2 Å². The van der Waals surface area contributed by atoms with Gasteiger partial charge in [-0.05, 0) is 54.8 Å². The first kappa shape index (κ1) is 25.4. The molecule has 1 heterocycles. The predicted octanol–water partition coefficient (Wildman–Crippen LogP) is 3.58. The smallest absolute Gasteiger partial charge is 0.394 e. The molecule has 3 amide bonds. The van der Waals surface area contributed by atoms with Crippen LogP contribution < -0.4 is 16.0 Å². The predicted molar refractivity (Wildman–Crippen MR) is 115 cm³/mol. The molecular weight excluding hydrogens is 458 g/mol. The number of rotatable bonds is 7. The van der Waals surface area contributed by atoms with E-state index in [0.29, 0.717) is 18.4 Å². The average Bonchev–Trinajstić information content (AvgIpc) is 2.78. The minimum atomic E-state index is -4.47. The molecule has 0 spiro atoms. The quantitative estimate of drug-likeness (QED) is 0.453. The van der Waals surface area contributed by atoms with Crippen molar-refractivity contribution in [3.63, 3.8) is 0 Å². The lowest BCUT2D eigenvalue weighted by atomic mass is 9.97. The third-order valence-corrected chi connectivity index (χ3v) is 5.37. The van der Waals surface area contributed by atoms with Crippen LogP contribution in [0.25, 0.3) is 0 Å². The summed E-state index contributed by atoms with van der Waals surface area (Å²) in [7, 11) is 0.